The molecular weight excluding hydrogens is 232 g/mol. The van der Waals surface area contributed by atoms with Gasteiger partial charge in [-0.15, -0.1) is 0 Å². The topological polar surface area (TPSA) is 44.9 Å². The summed E-state index contributed by atoms with van der Waals surface area (Å²) in [4.78, 5) is 14.2. The third-order valence-corrected chi connectivity index (χ3v) is 2.17. The molecule has 0 aliphatic rings. The van der Waals surface area contributed by atoms with Crippen molar-refractivity contribution in [1.29, 1.82) is 0 Å². The predicted molar refractivity (Wildman–Crippen MR) is 55.7 cm³/mol. The standard InChI is InChI=1S/C9H13BrN2O/c1-2-3-4-11-9(13)8-5-7(10)6-12-8/h5-6,12H,2-4H2,1H3,(H,11,13). The molecule has 1 aromatic rings. The Morgan fingerprint density at radius 1 is 1.69 bits per heavy atom. The molecule has 72 valence electrons. The normalized spacial score (nSPS) is 10.0. The lowest BCUT2D eigenvalue weighted by atomic mass is 10.3. The molecule has 1 rings (SSSR count). The van der Waals surface area contributed by atoms with Crippen LogP contribution in [0.2, 0.25) is 0 Å². The van der Waals surface area contributed by atoms with Crippen LogP contribution >= 0.6 is 15.9 Å². The molecule has 1 aromatic heterocycles. The van der Waals surface area contributed by atoms with Gasteiger partial charge >= 0.3 is 0 Å². The molecule has 2 N–H and O–H groups in total. The molecule has 3 nitrogen and oxygen atoms in total. The fourth-order valence-electron chi connectivity index (χ4n) is 0.973. The van der Waals surface area contributed by atoms with Gasteiger partial charge in [-0.3, -0.25) is 4.79 Å². The average molecular weight is 245 g/mol. The van der Waals surface area contributed by atoms with Crippen molar-refractivity contribution in [3.63, 3.8) is 0 Å². The molecule has 0 saturated carbocycles. The van der Waals surface area contributed by atoms with Crippen molar-refractivity contribution >= 4 is 21.8 Å². The molecule has 0 aliphatic heterocycles. The minimum atomic E-state index is -0.0425. The summed E-state index contributed by atoms with van der Waals surface area (Å²) >= 11 is 3.27. The zero-order valence-corrected chi connectivity index (χ0v) is 9.15. The number of hydrogen-bond acceptors (Lipinski definition) is 1. The van der Waals surface area contributed by atoms with Gasteiger partial charge in [-0.2, -0.15) is 0 Å². The first kappa shape index (κ1) is 10.3. The van der Waals surface area contributed by atoms with Gasteiger partial charge in [0.25, 0.3) is 5.91 Å². The molecule has 0 unspecified atom stereocenters. The largest absolute Gasteiger partial charge is 0.356 e. The van der Waals surface area contributed by atoms with E-state index in [4.69, 9.17) is 0 Å². The minimum Gasteiger partial charge on any atom is -0.356 e. The van der Waals surface area contributed by atoms with E-state index in [1.807, 2.05) is 0 Å². The molecule has 0 aliphatic carbocycles. The third-order valence-electron chi connectivity index (χ3n) is 1.71. The fraction of sp³-hybridized carbons (Fsp3) is 0.444. The number of hydrogen-bond donors (Lipinski definition) is 2. The molecule has 4 heteroatoms. The summed E-state index contributed by atoms with van der Waals surface area (Å²) in [7, 11) is 0. The Bertz CT molecular complexity index is 283. The van der Waals surface area contributed by atoms with Gasteiger partial charge in [0.2, 0.25) is 0 Å². The number of nitrogens with one attached hydrogen (secondary N) is 2. The van der Waals surface area contributed by atoms with E-state index in [-0.39, 0.29) is 5.91 Å². The van der Waals surface area contributed by atoms with E-state index in [1.54, 1.807) is 12.3 Å². The van der Waals surface area contributed by atoms with Gasteiger partial charge in [0.05, 0.1) is 0 Å². The highest BCUT2D eigenvalue weighted by atomic mass is 79.9. The lowest BCUT2D eigenvalue weighted by Crippen LogP contribution is -2.24. The highest BCUT2D eigenvalue weighted by Crippen LogP contribution is 2.10. The van der Waals surface area contributed by atoms with Crippen molar-refractivity contribution in [3.05, 3.63) is 22.4 Å². The highest BCUT2D eigenvalue weighted by molar-refractivity contribution is 9.10. The Hall–Kier alpha value is -0.770. The van der Waals surface area contributed by atoms with E-state index in [0.717, 1.165) is 23.9 Å². The molecule has 1 amide bonds. The molecule has 0 saturated heterocycles. The average Bonchev–Trinajstić information content (AvgIpc) is 2.52. The van der Waals surface area contributed by atoms with Crippen molar-refractivity contribution < 1.29 is 4.79 Å². The van der Waals surface area contributed by atoms with Crippen LogP contribution in [0.15, 0.2) is 16.7 Å². The van der Waals surface area contributed by atoms with E-state index in [1.165, 1.54) is 0 Å². The number of unbranched alkanes of at least 4 members (excludes halogenated alkanes) is 1. The van der Waals surface area contributed by atoms with E-state index >= 15 is 0 Å². The molecule has 0 atom stereocenters. The van der Waals surface area contributed by atoms with Gasteiger partial charge < -0.3 is 10.3 Å². The van der Waals surface area contributed by atoms with Gasteiger partial charge in [-0.1, -0.05) is 13.3 Å². The Kier molecular flexibility index (Phi) is 4.02. The Morgan fingerprint density at radius 3 is 3.00 bits per heavy atom. The van der Waals surface area contributed by atoms with Crippen molar-refractivity contribution in [3.8, 4) is 0 Å². The molecule has 0 spiro atoms. The van der Waals surface area contributed by atoms with E-state index < -0.39 is 0 Å². The third kappa shape index (κ3) is 3.22. The summed E-state index contributed by atoms with van der Waals surface area (Å²) in [6, 6.07) is 1.77. The van der Waals surface area contributed by atoms with E-state index in [2.05, 4.69) is 33.2 Å². The summed E-state index contributed by atoms with van der Waals surface area (Å²) in [6.45, 7) is 2.84. The first-order chi connectivity index (χ1) is 6.24. The van der Waals surface area contributed by atoms with Gasteiger partial charge in [0.1, 0.15) is 5.69 Å². The maximum absolute atomic E-state index is 11.4. The van der Waals surface area contributed by atoms with Crippen LogP contribution in [0.4, 0.5) is 0 Å². The molecule has 1 heterocycles. The number of aromatic nitrogens is 1. The summed E-state index contributed by atoms with van der Waals surface area (Å²) in [5.41, 5.74) is 0.600. The van der Waals surface area contributed by atoms with Crippen molar-refractivity contribution in [1.82, 2.24) is 10.3 Å². The number of carbonyl (C=O) groups is 1. The van der Waals surface area contributed by atoms with Crippen LogP contribution in [0.25, 0.3) is 0 Å². The fourth-order valence-corrected chi connectivity index (χ4v) is 1.32. The number of carbonyl (C=O) groups excluding carboxylic acids is 1. The summed E-state index contributed by atoms with van der Waals surface area (Å²) < 4.78 is 0.896. The minimum absolute atomic E-state index is 0.0425. The first-order valence-electron chi connectivity index (χ1n) is 4.36. The number of amides is 1. The van der Waals surface area contributed by atoms with Crippen LogP contribution < -0.4 is 5.32 Å². The summed E-state index contributed by atoms with van der Waals surface area (Å²) in [5, 5.41) is 2.82. The monoisotopic (exact) mass is 244 g/mol. The van der Waals surface area contributed by atoms with Gasteiger partial charge in [0.15, 0.2) is 0 Å². The highest BCUT2D eigenvalue weighted by Gasteiger charge is 2.05. The first-order valence-corrected chi connectivity index (χ1v) is 5.15. The zero-order chi connectivity index (χ0) is 9.68. The number of halogens is 1. The number of rotatable bonds is 4. The second-order valence-corrected chi connectivity index (χ2v) is 3.76. The quantitative estimate of drug-likeness (QED) is 0.785. The Labute approximate surface area is 86.0 Å². The summed E-state index contributed by atoms with van der Waals surface area (Å²) in [5.74, 6) is -0.0425. The summed E-state index contributed by atoms with van der Waals surface area (Å²) in [6.07, 6.45) is 3.86. The van der Waals surface area contributed by atoms with Crippen LogP contribution in [0.3, 0.4) is 0 Å². The molecule has 0 aromatic carbocycles. The van der Waals surface area contributed by atoms with Crippen LogP contribution in [-0.2, 0) is 0 Å². The smallest absolute Gasteiger partial charge is 0.267 e. The van der Waals surface area contributed by atoms with Gasteiger partial charge in [-0.05, 0) is 28.4 Å². The number of H-pyrrole nitrogens is 1. The van der Waals surface area contributed by atoms with Crippen molar-refractivity contribution in [2.24, 2.45) is 0 Å². The molecule has 0 bridgehead atoms. The maximum atomic E-state index is 11.4. The van der Waals surface area contributed by atoms with Crippen molar-refractivity contribution in [2.75, 3.05) is 6.54 Å². The van der Waals surface area contributed by atoms with Crippen LogP contribution in [0, 0.1) is 0 Å². The maximum Gasteiger partial charge on any atom is 0.267 e. The van der Waals surface area contributed by atoms with E-state index in [9.17, 15) is 4.79 Å². The zero-order valence-electron chi connectivity index (χ0n) is 7.56. The lowest BCUT2D eigenvalue weighted by molar-refractivity contribution is 0.0949. The second-order valence-electron chi connectivity index (χ2n) is 2.84. The van der Waals surface area contributed by atoms with Crippen LogP contribution in [0.5, 0.6) is 0 Å². The molecular formula is C9H13BrN2O. The molecule has 0 fully saturated rings. The van der Waals surface area contributed by atoms with E-state index in [0.29, 0.717) is 5.69 Å². The van der Waals surface area contributed by atoms with Gasteiger partial charge in [-0.25, -0.2) is 0 Å². The predicted octanol–water partition coefficient (Wildman–Crippen LogP) is 2.31. The number of aromatic amines is 1. The SMILES string of the molecule is CCCCNC(=O)c1cc(Br)c[nH]1. The van der Waals surface area contributed by atoms with Crippen LogP contribution in [0.1, 0.15) is 30.3 Å². The van der Waals surface area contributed by atoms with Crippen molar-refractivity contribution in [2.45, 2.75) is 19.8 Å². The lowest BCUT2D eigenvalue weighted by Gasteiger charge is -2.00. The van der Waals surface area contributed by atoms with Gasteiger partial charge in [0, 0.05) is 17.2 Å². The Balaban J connectivity index is 2.40. The van der Waals surface area contributed by atoms with Crippen LogP contribution in [-0.4, -0.2) is 17.4 Å². The molecule has 0 radical (unpaired) electrons. The Morgan fingerprint density at radius 2 is 2.46 bits per heavy atom. The molecule has 13 heavy (non-hydrogen) atoms. The second kappa shape index (κ2) is 5.07.